The van der Waals surface area contributed by atoms with E-state index in [4.69, 9.17) is 0 Å². The Labute approximate surface area is 149 Å². The Hall–Kier alpha value is -3.47. The van der Waals surface area contributed by atoms with E-state index in [1.807, 2.05) is 48.5 Å². The predicted octanol–water partition coefficient (Wildman–Crippen LogP) is 2.87. The van der Waals surface area contributed by atoms with E-state index in [9.17, 15) is 9.59 Å². The third-order valence-corrected chi connectivity index (χ3v) is 4.36. The highest BCUT2D eigenvalue weighted by molar-refractivity contribution is 5.83. The van der Waals surface area contributed by atoms with E-state index in [0.29, 0.717) is 17.6 Å². The number of amides is 1. The summed E-state index contributed by atoms with van der Waals surface area (Å²) in [5.41, 5.74) is 2.07. The molecule has 0 fully saturated rings. The molecule has 1 N–H and O–H groups in total. The van der Waals surface area contributed by atoms with Crippen molar-refractivity contribution in [2.45, 2.75) is 13.1 Å². The first-order valence-corrected chi connectivity index (χ1v) is 8.40. The molecule has 4 rings (SSSR count). The van der Waals surface area contributed by atoms with E-state index in [1.165, 1.54) is 10.8 Å². The lowest BCUT2D eigenvalue weighted by atomic mass is 10.1. The number of benzene rings is 3. The molecule has 0 aliphatic carbocycles. The highest BCUT2D eigenvalue weighted by atomic mass is 16.2. The maximum Gasteiger partial charge on any atom is 0.269 e. The summed E-state index contributed by atoms with van der Waals surface area (Å²) >= 11 is 0. The van der Waals surface area contributed by atoms with Crippen LogP contribution in [-0.4, -0.2) is 15.5 Å². The zero-order valence-corrected chi connectivity index (χ0v) is 14.1. The lowest BCUT2D eigenvalue weighted by Crippen LogP contribution is -2.32. The van der Waals surface area contributed by atoms with Crippen LogP contribution in [0.3, 0.4) is 0 Å². The van der Waals surface area contributed by atoms with E-state index in [2.05, 4.69) is 22.4 Å². The van der Waals surface area contributed by atoms with Crippen molar-refractivity contribution < 1.29 is 4.79 Å². The number of fused-ring (bicyclic) bond motifs is 2. The highest BCUT2D eigenvalue weighted by Gasteiger charge is 2.08. The third-order valence-electron chi connectivity index (χ3n) is 4.36. The second kappa shape index (κ2) is 6.80. The summed E-state index contributed by atoms with van der Waals surface area (Å²) in [6, 6.07) is 21.5. The maximum absolute atomic E-state index is 12.4. The van der Waals surface area contributed by atoms with Gasteiger partial charge in [0.15, 0.2) is 0 Å². The van der Waals surface area contributed by atoms with Crippen molar-refractivity contribution in [2.75, 3.05) is 0 Å². The van der Waals surface area contributed by atoms with Crippen molar-refractivity contribution in [3.05, 3.63) is 88.8 Å². The van der Waals surface area contributed by atoms with Gasteiger partial charge < -0.3 is 5.32 Å². The van der Waals surface area contributed by atoms with E-state index in [1.54, 1.807) is 6.07 Å². The molecule has 0 aliphatic rings. The topological polar surface area (TPSA) is 64.0 Å². The van der Waals surface area contributed by atoms with E-state index >= 15 is 0 Å². The van der Waals surface area contributed by atoms with Gasteiger partial charge in [0.05, 0.1) is 17.2 Å². The molecule has 3 aromatic carbocycles. The number of carbonyl (C=O) groups is 1. The van der Waals surface area contributed by atoms with Crippen LogP contribution in [0.15, 0.2) is 77.7 Å². The zero-order valence-electron chi connectivity index (χ0n) is 14.1. The number of hydrogen-bond acceptors (Lipinski definition) is 3. The van der Waals surface area contributed by atoms with Crippen LogP contribution in [0.1, 0.15) is 5.56 Å². The predicted molar refractivity (Wildman–Crippen MR) is 102 cm³/mol. The van der Waals surface area contributed by atoms with Crippen molar-refractivity contribution in [1.29, 1.82) is 0 Å². The summed E-state index contributed by atoms with van der Waals surface area (Å²) in [6.07, 6.45) is 1.25. The van der Waals surface area contributed by atoms with E-state index in [-0.39, 0.29) is 18.0 Å². The van der Waals surface area contributed by atoms with Crippen LogP contribution in [0.25, 0.3) is 21.8 Å². The molecule has 0 bridgehead atoms. The molecular formula is C21H17N3O2. The third kappa shape index (κ3) is 3.19. The van der Waals surface area contributed by atoms with Gasteiger partial charge in [-0.3, -0.25) is 14.2 Å². The number of nitrogens with zero attached hydrogens (tertiary/aromatic N) is 2. The van der Waals surface area contributed by atoms with Crippen molar-refractivity contribution in [2.24, 2.45) is 0 Å². The number of carbonyl (C=O) groups excluding carboxylic acids is 1. The molecule has 5 heteroatoms. The molecule has 0 aliphatic heterocycles. The maximum atomic E-state index is 12.4. The molecule has 0 spiro atoms. The fraction of sp³-hybridized carbons (Fsp3) is 0.0952. The smallest absolute Gasteiger partial charge is 0.269 e. The van der Waals surface area contributed by atoms with Gasteiger partial charge in [-0.05, 0) is 34.5 Å². The molecule has 0 unspecified atom stereocenters. The minimum atomic E-state index is -0.287. The van der Waals surface area contributed by atoms with Crippen LogP contribution < -0.4 is 10.9 Å². The summed E-state index contributed by atoms with van der Waals surface area (Å²) in [5.74, 6) is -0.211. The second-order valence-corrected chi connectivity index (χ2v) is 6.13. The standard InChI is InChI=1S/C21H17N3O2/c25-20(14-24-19-8-4-3-7-18(19)22-13-21(24)26)23-12-15-9-10-16-5-1-2-6-17(16)11-15/h1-11,13H,12,14H2,(H,23,25). The molecule has 0 saturated heterocycles. The van der Waals surface area contributed by atoms with E-state index < -0.39 is 0 Å². The number of aromatic nitrogens is 2. The van der Waals surface area contributed by atoms with Gasteiger partial charge in [0, 0.05) is 6.54 Å². The monoisotopic (exact) mass is 343 g/mol. The lowest BCUT2D eigenvalue weighted by molar-refractivity contribution is -0.121. The van der Waals surface area contributed by atoms with Crippen LogP contribution in [0.5, 0.6) is 0 Å². The minimum Gasteiger partial charge on any atom is -0.350 e. The van der Waals surface area contributed by atoms with Gasteiger partial charge in [0.2, 0.25) is 5.91 Å². The minimum absolute atomic E-state index is 0.0323. The fourth-order valence-corrected chi connectivity index (χ4v) is 3.03. The number of hydrogen-bond donors (Lipinski definition) is 1. The molecular weight excluding hydrogens is 326 g/mol. The van der Waals surface area contributed by atoms with E-state index in [0.717, 1.165) is 16.3 Å². The Kier molecular flexibility index (Phi) is 4.19. The Morgan fingerprint density at radius 1 is 0.962 bits per heavy atom. The van der Waals surface area contributed by atoms with Gasteiger partial charge >= 0.3 is 0 Å². The van der Waals surface area contributed by atoms with Gasteiger partial charge in [0.1, 0.15) is 6.54 Å². The Morgan fingerprint density at radius 2 is 1.73 bits per heavy atom. The molecule has 0 radical (unpaired) electrons. The number of rotatable bonds is 4. The average molecular weight is 343 g/mol. The summed E-state index contributed by atoms with van der Waals surface area (Å²) in [7, 11) is 0. The molecule has 0 atom stereocenters. The fourth-order valence-electron chi connectivity index (χ4n) is 3.03. The van der Waals surface area contributed by atoms with Crippen molar-refractivity contribution in [3.63, 3.8) is 0 Å². The molecule has 0 saturated carbocycles. The van der Waals surface area contributed by atoms with Gasteiger partial charge in [0.25, 0.3) is 5.56 Å². The van der Waals surface area contributed by atoms with Gasteiger partial charge in [-0.1, -0.05) is 48.5 Å². The molecule has 5 nitrogen and oxygen atoms in total. The SMILES string of the molecule is O=C(Cn1c(=O)cnc2ccccc21)NCc1ccc2ccccc2c1. The summed E-state index contributed by atoms with van der Waals surface area (Å²) < 4.78 is 1.44. The Bertz CT molecular complexity index is 1160. The first-order valence-electron chi connectivity index (χ1n) is 8.40. The first-order chi connectivity index (χ1) is 12.7. The molecule has 26 heavy (non-hydrogen) atoms. The molecule has 128 valence electrons. The van der Waals surface area contributed by atoms with Crippen molar-refractivity contribution in [3.8, 4) is 0 Å². The van der Waals surface area contributed by atoms with Crippen LogP contribution in [-0.2, 0) is 17.9 Å². The molecule has 4 aromatic rings. The van der Waals surface area contributed by atoms with Crippen LogP contribution in [0, 0.1) is 0 Å². The van der Waals surface area contributed by atoms with Gasteiger partial charge in [-0.2, -0.15) is 0 Å². The Balaban J connectivity index is 1.50. The first kappa shape index (κ1) is 16.0. The quantitative estimate of drug-likeness (QED) is 0.620. The molecule has 1 heterocycles. The van der Waals surface area contributed by atoms with Crippen LogP contribution >= 0.6 is 0 Å². The van der Waals surface area contributed by atoms with Crippen LogP contribution in [0.4, 0.5) is 0 Å². The summed E-state index contributed by atoms with van der Waals surface area (Å²) in [5, 5.41) is 5.18. The van der Waals surface area contributed by atoms with Crippen LogP contribution in [0.2, 0.25) is 0 Å². The van der Waals surface area contributed by atoms with Crippen molar-refractivity contribution >= 4 is 27.7 Å². The Morgan fingerprint density at radius 3 is 2.62 bits per heavy atom. The normalized spacial score (nSPS) is 10.9. The van der Waals surface area contributed by atoms with Gasteiger partial charge in [-0.25, -0.2) is 4.98 Å². The average Bonchev–Trinajstić information content (AvgIpc) is 2.68. The number of para-hydroxylation sites is 2. The zero-order chi connectivity index (χ0) is 17.9. The molecule has 1 amide bonds. The summed E-state index contributed by atoms with van der Waals surface area (Å²) in [4.78, 5) is 28.6. The largest absolute Gasteiger partial charge is 0.350 e. The highest BCUT2D eigenvalue weighted by Crippen LogP contribution is 2.15. The number of nitrogens with one attached hydrogen (secondary N) is 1. The van der Waals surface area contributed by atoms with Gasteiger partial charge in [-0.15, -0.1) is 0 Å². The van der Waals surface area contributed by atoms with Crippen molar-refractivity contribution in [1.82, 2.24) is 14.9 Å². The summed E-state index contributed by atoms with van der Waals surface area (Å²) in [6.45, 7) is 0.386. The molecule has 1 aromatic heterocycles. The second-order valence-electron chi connectivity index (χ2n) is 6.13. The lowest BCUT2D eigenvalue weighted by Gasteiger charge is -2.10.